The summed E-state index contributed by atoms with van der Waals surface area (Å²) in [6.45, 7) is -0.196. The summed E-state index contributed by atoms with van der Waals surface area (Å²) in [5.41, 5.74) is 0.867. The highest BCUT2D eigenvalue weighted by Crippen LogP contribution is 2.13. The van der Waals surface area contributed by atoms with Crippen molar-refractivity contribution < 1.29 is 24.2 Å². The Morgan fingerprint density at radius 1 is 1.12 bits per heavy atom. The van der Waals surface area contributed by atoms with Gasteiger partial charge < -0.3 is 19.4 Å². The van der Waals surface area contributed by atoms with E-state index in [0.29, 0.717) is 11.5 Å². The first-order valence-corrected chi connectivity index (χ1v) is 7.25. The molecule has 0 aliphatic carbocycles. The fraction of sp³-hybridized carbons (Fsp3) is 0.105. The predicted molar refractivity (Wildman–Crippen MR) is 91.4 cm³/mol. The number of ether oxygens (including phenoxy) is 1. The number of hydrogen-bond acceptors (Lipinski definition) is 5. The topological polar surface area (TPSA) is 79.9 Å². The summed E-state index contributed by atoms with van der Waals surface area (Å²) < 4.78 is 10.3. The SMILES string of the molecule is COc1ccc(/C=C/C(O)=CC(=O)/C=C/c2ccc(CO)o2)cc1. The van der Waals surface area contributed by atoms with Crippen LogP contribution in [0.15, 0.2) is 64.8 Å². The van der Waals surface area contributed by atoms with E-state index in [0.717, 1.165) is 17.4 Å². The highest BCUT2D eigenvalue weighted by Gasteiger charge is 1.99. The Kier molecular flexibility index (Phi) is 6.16. The average molecular weight is 326 g/mol. The summed E-state index contributed by atoms with van der Waals surface area (Å²) in [6.07, 6.45) is 6.97. The molecular weight excluding hydrogens is 308 g/mol. The number of aliphatic hydroxyl groups excluding tert-OH is 2. The van der Waals surface area contributed by atoms with Crippen molar-refractivity contribution in [1.29, 1.82) is 0 Å². The number of rotatable bonds is 7. The van der Waals surface area contributed by atoms with Gasteiger partial charge in [-0.25, -0.2) is 0 Å². The van der Waals surface area contributed by atoms with Crippen LogP contribution in [0, 0.1) is 0 Å². The molecule has 0 amide bonds. The number of benzene rings is 1. The third-order valence-corrected chi connectivity index (χ3v) is 3.10. The molecule has 0 fully saturated rings. The van der Waals surface area contributed by atoms with Crippen molar-refractivity contribution >= 4 is 17.9 Å². The molecule has 0 spiro atoms. The van der Waals surface area contributed by atoms with Crippen LogP contribution >= 0.6 is 0 Å². The standard InChI is InChI=1S/C19H18O5/c1-23-17-7-3-14(4-8-17)2-5-15(21)12-16(22)6-9-18-10-11-19(13-20)24-18/h2-12,20-21H,13H2,1H3/b5-2+,9-6+,15-12?. The van der Waals surface area contributed by atoms with Crippen LogP contribution in [0.1, 0.15) is 17.1 Å². The van der Waals surface area contributed by atoms with Crippen molar-refractivity contribution in [2.24, 2.45) is 0 Å². The Morgan fingerprint density at radius 2 is 1.88 bits per heavy atom. The molecule has 5 heteroatoms. The van der Waals surface area contributed by atoms with Gasteiger partial charge in [-0.1, -0.05) is 18.2 Å². The molecule has 0 saturated heterocycles. The van der Waals surface area contributed by atoms with Gasteiger partial charge in [0.25, 0.3) is 0 Å². The normalized spacial score (nSPS) is 12.2. The van der Waals surface area contributed by atoms with Crippen LogP contribution < -0.4 is 4.74 Å². The number of furan rings is 1. The fourth-order valence-electron chi connectivity index (χ4n) is 1.87. The van der Waals surface area contributed by atoms with Crippen molar-refractivity contribution in [3.63, 3.8) is 0 Å². The molecule has 2 rings (SSSR count). The lowest BCUT2D eigenvalue weighted by Gasteiger charge is -1.98. The van der Waals surface area contributed by atoms with Crippen molar-refractivity contribution in [1.82, 2.24) is 0 Å². The Bertz CT molecular complexity index is 763. The summed E-state index contributed by atoms with van der Waals surface area (Å²) in [5.74, 6) is 1.08. The summed E-state index contributed by atoms with van der Waals surface area (Å²) in [6, 6.07) is 10.5. The lowest BCUT2D eigenvalue weighted by Crippen LogP contribution is -1.88. The molecule has 0 saturated carbocycles. The minimum atomic E-state index is -0.381. The van der Waals surface area contributed by atoms with Gasteiger partial charge in [0.15, 0.2) is 5.78 Å². The third kappa shape index (κ3) is 5.30. The first-order valence-electron chi connectivity index (χ1n) is 7.25. The zero-order valence-electron chi connectivity index (χ0n) is 13.2. The molecule has 5 nitrogen and oxygen atoms in total. The number of aliphatic hydroxyl groups is 2. The molecule has 24 heavy (non-hydrogen) atoms. The van der Waals surface area contributed by atoms with Gasteiger partial charge in [0, 0.05) is 6.08 Å². The number of carbonyl (C=O) groups excluding carboxylic acids is 1. The second-order valence-corrected chi connectivity index (χ2v) is 4.87. The molecule has 1 aromatic carbocycles. The minimum Gasteiger partial charge on any atom is -0.508 e. The van der Waals surface area contributed by atoms with E-state index in [4.69, 9.17) is 14.3 Å². The number of ketones is 1. The lowest BCUT2D eigenvalue weighted by molar-refractivity contribution is -0.110. The number of hydrogen-bond donors (Lipinski definition) is 2. The van der Waals surface area contributed by atoms with E-state index in [1.807, 2.05) is 12.1 Å². The molecule has 0 radical (unpaired) electrons. The van der Waals surface area contributed by atoms with E-state index >= 15 is 0 Å². The van der Waals surface area contributed by atoms with E-state index in [-0.39, 0.29) is 18.1 Å². The Labute approximate surface area is 139 Å². The van der Waals surface area contributed by atoms with E-state index in [1.165, 1.54) is 18.2 Å². The van der Waals surface area contributed by atoms with E-state index in [2.05, 4.69) is 0 Å². The Balaban J connectivity index is 1.95. The molecule has 0 aliphatic heterocycles. The van der Waals surface area contributed by atoms with Gasteiger partial charge in [-0.3, -0.25) is 4.79 Å². The van der Waals surface area contributed by atoms with Crippen LogP contribution in [-0.2, 0) is 11.4 Å². The third-order valence-electron chi connectivity index (χ3n) is 3.10. The van der Waals surface area contributed by atoms with Gasteiger partial charge in [0.2, 0.25) is 0 Å². The average Bonchev–Trinajstić information content (AvgIpc) is 3.07. The second kappa shape index (κ2) is 8.55. The van der Waals surface area contributed by atoms with E-state index in [9.17, 15) is 9.90 Å². The van der Waals surface area contributed by atoms with Crippen molar-refractivity contribution in [3.8, 4) is 5.75 Å². The molecule has 2 aromatic rings. The molecule has 2 N–H and O–H groups in total. The maximum absolute atomic E-state index is 11.7. The fourth-order valence-corrected chi connectivity index (χ4v) is 1.87. The van der Waals surface area contributed by atoms with Gasteiger partial charge in [-0.2, -0.15) is 0 Å². The predicted octanol–water partition coefficient (Wildman–Crippen LogP) is 3.52. The van der Waals surface area contributed by atoms with E-state index < -0.39 is 0 Å². The van der Waals surface area contributed by atoms with E-state index in [1.54, 1.807) is 37.5 Å². The number of methoxy groups -OCH3 is 1. The first kappa shape index (κ1) is 17.3. The van der Waals surface area contributed by atoms with Crippen molar-refractivity contribution in [2.45, 2.75) is 6.61 Å². The number of allylic oxidation sites excluding steroid dienone is 3. The second-order valence-electron chi connectivity index (χ2n) is 4.87. The first-order chi connectivity index (χ1) is 11.6. The Morgan fingerprint density at radius 3 is 2.50 bits per heavy atom. The monoisotopic (exact) mass is 326 g/mol. The molecule has 0 atom stereocenters. The molecule has 124 valence electrons. The maximum atomic E-state index is 11.7. The molecule has 0 aliphatic rings. The zero-order valence-corrected chi connectivity index (χ0v) is 13.2. The summed E-state index contributed by atoms with van der Waals surface area (Å²) in [4.78, 5) is 11.7. The van der Waals surface area contributed by atoms with Crippen LogP contribution in [0.5, 0.6) is 5.75 Å². The maximum Gasteiger partial charge on any atom is 0.182 e. The van der Waals surface area contributed by atoms with Crippen LogP contribution in [0.2, 0.25) is 0 Å². The van der Waals surface area contributed by atoms with Crippen LogP contribution in [0.3, 0.4) is 0 Å². The van der Waals surface area contributed by atoms with Crippen LogP contribution in [0.4, 0.5) is 0 Å². The van der Waals surface area contributed by atoms with Crippen molar-refractivity contribution in [2.75, 3.05) is 7.11 Å². The van der Waals surface area contributed by atoms with Crippen molar-refractivity contribution in [3.05, 3.63) is 77.5 Å². The smallest absolute Gasteiger partial charge is 0.182 e. The van der Waals surface area contributed by atoms with Gasteiger partial charge in [0.05, 0.1) is 7.11 Å². The molecular formula is C19H18O5. The number of carbonyl (C=O) groups is 1. The largest absolute Gasteiger partial charge is 0.508 e. The van der Waals surface area contributed by atoms with Crippen LogP contribution in [-0.4, -0.2) is 23.1 Å². The van der Waals surface area contributed by atoms with Crippen LogP contribution in [0.25, 0.3) is 12.2 Å². The van der Waals surface area contributed by atoms with Gasteiger partial charge in [-0.05, 0) is 48.1 Å². The van der Waals surface area contributed by atoms with Gasteiger partial charge in [0.1, 0.15) is 29.6 Å². The zero-order chi connectivity index (χ0) is 17.4. The highest BCUT2D eigenvalue weighted by atomic mass is 16.5. The Hall–Kier alpha value is -3.05. The van der Waals surface area contributed by atoms with Gasteiger partial charge in [-0.15, -0.1) is 0 Å². The minimum absolute atomic E-state index is 0.157. The molecule has 0 unspecified atom stereocenters. The molecule has 1 aromatic heterocycles. The lowest BCUT2D eigenvalue weighted by atomic mass is 10.2. The summed E-state index contributed by atoms with van der Waals surface area (Å²) in [5, 5.41) is 18.6. The highest BCUT2D eigenvalue weighted by molar-refractivity contribution is 6.02. The summed E-state index contributed by atoms with van der Waals surface area (Å²) >= 11 is 0. The molecule has 0 bridgehead atoms. The quantitative estimate of drug-likeness (QED) is 0.462. The molecule has 1 heterocycles. The van der Waals surface area contributed by atoms with Gasteiger partial charge >= 0.3 is 0 Å². The summed E-state index contributed by atoms with van der Waals surface area (Å²) in [7, 11) is 1.59.